The molecule has 0 fully saturated rings. The Labute approximate surface area is 106 Å². The number of aryl methyl sites for hydroxylation is 1. The van der Waals surface area contributed by atoms with E-state index in [1.807, 2.05) is 6.92 Å². The summed E-state index contributed by atoms with van der Waals surface area (Å²) in [4.78, 5) is 13.6. The maximum Gasteiger partial charge on any atom is 0.253 e. The number of rotatable bonds is 4. The zero-order valence-electron chi connectivity index (χ0n) is 10.3. The highest BCUT2D eigenvalue weighted by molar-refractivity contribution is 6.20. The molecular formula is C13H17ClFNO. The van der Waals surface area contributed by atoms with Crippen LogP contribution in [0.5, 0.6) is 0 Å². The van der Waals surface area contributed by atoms with Crippen molar-refractivity contribution in [1.82, 2.24) is 4.90 Å². The summed E-state index contributed by atoms with van der Waals surface area (Å²) in [6.07, 6.45) is 0.740. The minimum atomic E-state index is -0.293. The van der Waals surface area contributed by atoms with Crippen LogP contribution in [0, 0.1) is 12.7 Å². The van der Waals surface area contributed by atoms with E-state index in [2.05, 4.69) is 0 Å². The average molecular weight is 258 g/mol. The summed E-state index contributed by atoms with van der Waals surface area (Å²) in [6, 6.07) is 4.39. The molecule has 1 aromatic rings. The zero-order valence-corrected chi connectivity index (χ0v) is 11.1. The van der Waals surface area contributed by atoms with E-state index in [9.17, 15) is 9.18 Å². The molecule has 1 atom stereocenters. The monoisotopic (exact) mass is 257 g/mol. The van der Waals surface area contributed by atoms with E-state index in [1.165, 1.54) is 12.1 Å². The maximum absolute atomic E-state index is 13.1. The summed E-state index contributed by atoms with van der Waals surface area (Å²) in [7, 11) is 1.72. The molecule has 0 aromatic heterocycles. The van der Waals surface area contributed by atoms with E-state index < -0.39 is 0 Å². The average Bonchev–Trinajstić information content (AvgIpc) is 2.28. The van der Waals surface area contributed by atoms with Gasteiger partial charge in [0, 0.05) is 24.5 Å². The van der Waals surface area contributed by atoms with Crippen LogP contribution >= 0.6 is 11.6 Å². The second-order valence-electron chi connectivity index (χ2n) is 4.26. The molecule has 0 saturated carbocycles. The fourth-order valence-corrected chi connectivity index (χ4v) is 1.57. The molecule has 0 bridgehead atoms. The van der Waals surface area contributed by atoms with Crippen molar-refractivity contribution in [2.75, 3.05) is 13.6 Å². The smallest absolute Gasteiger partial charge is 0.253 e. The second kappa shape index (κ2) is 6.01. The topological polar surface area (TPSA) is 20.3 Å². The first-order chi connectivity index (χ1) is 7.91. The van der Waals surface area contributed by atoms with Crippen LogP contribution in [0.1, 0.15) is 29.3 Å². The molecule has 0 N–H and O–H groups in total. The summed E-state index contributed by atoms with van der Waals surface area (Å²) in [6.45, 7) is 4.13. The number of hydrogen-bond acceptors (Lipinski definition) is 1. The lowest BCUT2D eigenvalue weighted by atomic mass is 10.1. The summed E-state index contributed by atoms with van der Waals surface area (Å²) in [5.41, 5.74) is 0.989. The van der Waals surface area contributed by atoms with Gasteiger partial charge < -0.3 is 4.90 Å². The molecule has 94 valence electrons. The lowest BCUT2D eigenvalue weighted by molar-refractivity contribution is 0.0793. The fourth-order valence-electron chi connectivity index (χ4n) is 1.47. The van der Waals surface area contributed by atoms with Gasteiger partial charge >= 0.3 is 0 Å². The highest BCUT2D eigenvalue weighted by Gasteiger charge is 2.13. The Balaban J connectivity index is 2.71. The van der Waals surface area contributed by atoms with Gasteiger partial charge in [0.05, 0.1) is 0 Å². The van der Waals surface area contributed by atoms with E-state index in [0.717, 1.165) is 6.42 Å². The van der Waals surface area contributed by atoms with Crippen LogP contribution in [-0.2, 0) is 0 Å². The molecule has 0 aliphatic rings. The van der Waals surface area contributed by atoms with Gasteiger partial charge in [-0.25, -0.2) is 4.39 Å². The number of nitrogens with zero attached hydrogens (tertiary/aromatic N) is 1. The molecule has 0 radical (unpaired) electrons. The number of hydrogen-bond donors (Lipinski definition) is 0. The van der Waals surface area contributed by atoms with Crippen molar-refractivity contribution in [2.24, 2.45) is 0 Å². The quantitative estimate of drug-likeness (QED) is 0.759. The summed E-state index contributed by atoms with van der Waals surface area (Å²) in [5, 5.41) is 0.0419. The van der Waals surface area contributed by atoms with Crippen LogP contribution < -0.4 is 0 Å². The zero-order chi connectivity index (χ0) is 13.0. The SMILES string of the molecule is Cc1cc(C(=O)N(C)CCC(C)Cl)ccc1F. The number of amides is 1. The van der Waals surface area contributed by atoms with Crippen molar-refractivity contribution in [1.29, 1.82) is 0 Å². The third kappa shape index (κ3) is 4.00. The summed E-state index contributed by atoms with van der Waals surface area (Å²) >= 11 is 5.83. The number of benzene rings is 1. The number of carbonyl (C=O) groups is 1. The number of carbonyl (C=O) groups excluding carboxylic acids is 1. The highest BCUT2D eigenvalue weighted by atomic mass is 35.5. The Morgan fingerprint density at radius 2 is 2.18 bits per heavy atom. The first-order valence-corrected chi connectivity index (χ1v) is 6.01. The molecule has 1 unspecified atom stereocenters. The number of halogens is 2. The van der Waals surface area contributed by atoms with Crippen LogP contribution in [0.3, 0.4) is 0 Å². The van der Waals surface area contributed by atoms with Gasteiger partial charge in [0.15, 0.2) is 0 Å². The first-order valence-electron chi connectivity index (χ1n) is 5.57. The number of alkyl halides is 1. The predicted molar refractivity (Wildman–Crippen MR) is 68.0 cm³/mol. The first kappa shape index (κ1) is 14.0. The molecule has 0 heterocycles. The van der Waals surface area contributed by atoms with E-state index in [0.29, 0.717) is 17.7 Å². The van der Waals surface area contributed by atoms with Gasteiger partial charge in [-0.1, -0.05) is 0 Å². The Hall–Kier alpha value is -1.09. The lowest BCUT2D eigenvalue weighted by Crippen LogP contribution is -2.28. The molecule has 1 rings (SSSR count). The third-order valence-corrected chi connectivity index (χ3v) is 2.83. The summed E-state index contributed by atoms with van der Waals surface area (Å²) < 4.78 is 13.1. The molecule has 0 aliphatic carbocycles. The Morgan fingerprint density at radius 3 is 2.71 bits per heavy atom. The molecule has 0 spiro atoms. The van der Waals surface area contributed by atoms with Gasteiger partial charge in [-0.05, 0) is 44.0 Å². The van der Waals surface area contributed by atoms with Gasteiger partial charge in [-0.2, -0.15) is 0 Å². The van der Waals surface area contributed by atoms with E-state index >= 15 is 0 Å². The van der Waals surface area contributed by atoms with Crippen molar-refractivity contribution in [2.45, 2.75) is 25.6 Å². The highest BCUT2D eigenvalue weighted by Crippen LogP contribution is 2.12. The van der Waals surface area contributed by atoms with Gasteiger partial charge in [-0.15, -0.1) is 11.6 Å². The van der Waals surface area contributed by atoms with Crippen LogP contribution in [0.4, 0.5) is 4.39 Å². The molecular weight excluding hydrogens is 241 g/mol. The lowest BCUT2D eigenvalue weighted by Gasteiger charge is -2.18. The molecule has 4 heteroatoms. The van der Waals surface area contributed by atoms with Crippen molar-refractivity contribution in [3.8, 4) is 0 Å². The minimum Gasteiger partial charge on any atom is -0.342 e. The van der Waals surface area contributed by atoms with Gasteiger partial charge in [0.25, 0.3) is 5.91 Å². The molecule has 1 amide bonds. The molecule has 1 aromatic carbocycles. The second-order valence-corrected chi connectivity index (χ2v) is 5.01. The van der Waals surface area contributed by atoms with Crippen LogP contribution in [-0.4, -0.2) is 29.8 Å². The Bertz CT molecular complexity index is 406. The van der Waals surface area contributed by atoms with Crippen LogP contribution in [0.2, 0.25) is 0 Å². The Morgan fingerprint density at radius 1 is 1.53 bits per heavy atom. The van der Waals surface area contributed by atoms with Gasteiger partial charge in [0.2, 0.25) is 0 Å². The van der Waals surface area contributed by atoms with Crippen LogP contribution in [0.15, 0.2) is 18.2 Å². The van der Waals surface area contributed by atoms with E-state index in [1.54, 1.807) is 24.9 Å². The molecule has 0 saturated heterocycles. The fraction of sp³-hybridized carbons (Fsp3) is 0.462. The molecule has 2 nitrogen and oxygen atoms in total. The summed E-state index contributed by atoms with van der Waals surface area (Å²) in [5.74, 6) is -0.399. The van der Waals surface area contributed by atoms with Crippen molar-refractivity contribution in [3.05, 3.63) is 35.1 Å². The van der Waals surface area contributed by atoms with Gasteiger partial charge in [0.1, 0.15) is 5.82 Å². The van der Waals surface area contributed by atoms with Crippen molar-refractivity contribution < 1.29 is 9.18 Å². The molecule has 17 heavy (non-hydrogen) atoms. The van der Waals surface area contributed by atoms with E-state index in [-0.39, 0.29) is 17.1 Å². The molecule has 0 aliphatic heterocycles. The van der Waals surface area contributed by atoms with Gasteiger partial charge in [-0.3, -0.25) is 4.79 Å². The minimum absolute atomic E-state index is 0.0419. The normalized spacial score (nSPS) is 12.3. The standard InChI is InChI=1S/C13H17ClFNO/c1-9-8-11(4-5-12(9)15)13(17)16(3)7-6-10(2)14/h4-5,8,10H,6-7H2,1-3H3. The van der Waals surface area contributed by atoms with E-state index in [4.69, 9.17) is 11.6 Å². The predicted octanol–water partition coefficient (Wildman–Crippen LogP) is 3.22. The third-order valence-electron chi connectivity index (χ3n) is 2.61. The largest absolute Gasteiger partial charge is 0.342 e. The Kier molecular flexibility index (Phi) is 4.94. The van der Waals surface area contributed by atoms with Crippen molar-refractivity contribution in [3.63, 3.8) is 0 Å². The maximum atomic E-state index is 13.1. The van der Waals surface area contributed by atoms with Crippen LogP contribution in [0.25, 0.3) is 0 Å². The van der Waals surface area contributed by atoms with Crippen molar-refractivity contribution >= 4 is 17.5 Å².